The molecule has 8 nitrogen and oxygen atoms in total. The van der Waals surface area contributed by atoms with Crippen LogP contribution < -0.4 is 20.7 Å². The van der Waals surface area contributed by atoms with Crippen LogP contribution in [0.5, 0.6) is 5.75 Å². The normalized spacial score (nSPS) is 14.0. The van der Waals surface area contributed by atoms with Crippen LogP contribution in [0.15, 0.2) is 59.6 Å². The Kier molecular flexibility index (Phi) is 8.28. The van der Waals surface area contributed by atoms with Gasteiger partial charge in [-0.3, -0.25) is 14.6 Å². The lowest BCUT2D eigenvalue weighted by Crippen LogP contribution is -2.49. The minimum Gasteiger partial charge on any atom is -0.494 e. The van der Waals surface area contributed by atoms with Crippen molar-refractivity contribution in [3.63, 3.8) is 0 Å². The van der Waals surface area contributed by atoms with Crippen molar-refractivity contribution in [2.75, 3.05) is 39.8 Å². The summed E-state index contributed by atoms with van der Waals surface area (Å²) in [5.41, 5.74) is 1.61. The zero-order valence-electron chi connectivity index (χ0n) is 17.8. The van der Waals surface area contributed by atoms with Crippen LogP contribution in [0.2, 0.25) is 0 Å². The molecule has 2 aromatic rings. The molecule has 8 heteroatoms. The van der Waals surface area contributed by atoms with Crippen molar-refractivity contribution in [1.29, 1.82) is 0 Å². The predicted octanol–water partition coefficient (Wildman–Crippen LogP) is 1.39. The van der Waals surface area contributed by atoms with Gasteiger partial charge in [-0.1, -0.05) is 30.3 Å². The molecule has 164 valence electrons. The highest BCUT2D eigenvalue weighted by molar-refractivity contribution is 5.97. The number of amides is 2. The van der Waals surface area contributed by atoms with Gasteiger partial charge in [0.2, 0.25) is 5.91 Å². The molecule has 0 radical (unpaired) electrons. The Bertz CT molecular complexity index is 884. The second-order valence-electron chi connectivity index (χ2n) is 7.14. The van der Waals surface area contributed by atoms with Crippen molar-refractivity contribution in [3.8, 4) is 5.75 Å². The van der Waals surface area contributed by atoms with Crippen LogP contribution in [-0.4, -0.2) is 62.5 Å². The number of benzene rings is 2. The maximum absolute atomic E-state index is 12.5. The van der Waals surface area contributed by atoms with Crippen LogP contribution in [0.4, 0.5) is 0 Å². The fourth-order valence-electron chi connectivity index (χ4n) is 3.15. The Balaban J connectivity index is 1.38. The van der Waals surface area contributed by atoms with Gasteiger partial charge < -0.3 is 25.6 Å². The van der Waals surface area contributed by atoms with Crippen molar-refractivity contribution < 1.29 is 14.3 Å². The molecule has 1 heterocycles. The molecule has 3 rings (SSSR count). The number of nitrogens with one attached hydrogen (secondary N) is 3. The third kappa shape index (κ3) is 7.02. The summed E-state index contributed by atoms with van der Waals surface area (Å²) < 4.78 is 5.68. The van der Waals surface area contributed by atoms with Gasteiger partial charge in [-0.05, 0) is 36.2 Å². The van der Waals surface area contributed by atoms with E-state index in [4.69, 9.17) is 4.74 Å². The van der Waals surface area contributed by atoms with Gasteiger partial charge in [0, 0.05) is 38.8 Å². The topological polar surface area (TPSA) is 95.1 Å². The highest BCUT2D eigenvalue weighted by Gasteiger charge is 2.22. The number of carbonyl (C=O) groups is 2. The molecule has 0 atom stereocenters. The summed E-state index contributed by atoms with van der Waals surface area (Å²) in [5.74, 6) is 1.34. The number of nitrogens with zero attached hydrogens (tertiary/aromatic N) is 2. The molecule has 0 bridgehead atoms. The molecule has 0 saturated carbocycles. The monoisotopic (exact) mass is 423 g/mol. The highest BCUT2D eigenvalue weighted by atomic mass is 16.5. The van der Waals surface area contributed by atoms with Crippen LogP contribution in [0, 0.1) is 0 Å². The van der Waals surface area contributed by atoms with Gasteiger partial charge >= 0.3 is 0 Å². The fraction of sp³-hybridized carbons (Fsp3) is 0.348. The molecule has 1 aliphatic rings. The standard InChI is InChI=1S/C23H29N5O3/c1-24-23(26-12-5-15-31-20-6-3-2-4-7-20)27-16-18-8-10-19(11-9-18)22(30)28-14-13-25-21(29)17-28/h2-4,6-11H,5,12-17H2,1H3,(H,25,29)(H2,24,26,27). The summed E-state index contributed by atoms with van der Waals surface area (Å²) in [7, 11) is 1.73. The first kappa shape index (κ1) is 22.1. The van der Waals surface area contributed by atoms with Crippen molar-refractivity contribution in [2.45, 2.75) is 13.0 Å². The average Bonchev–Trinajstić information content (AvgIpc) is 2.81. The minimum atomic E-state index is -0.121. The number of aliphatic imine (C=N–C) groups is 1. The van der Waals surface area contributed by atoms with E-state index < -0.39 is 0 Å². The summed E-state index contributed by atoms with van der Waals surface area (Å²) in [6.07, 6.45) is 0.848. The van der Waals surface area contributed by atoms with E-state index in [1.54, 1.807) is 24.1 Å². The van der Waals surface area contributed by atoms with Crippen LogP contribution in [0.1, 0.15) is 22.3 Å². The maximum atomic E-state index is 12.5. The van der Waals surface area contributed by atoms with E-state index in [1.807, 2.05) is 42.5 Å². The van der Waals surface area contributed by atoms with Gasteiger partial charge in [0.1, 0.15) is 5.75 Å². The predicted molar refractivity (Wildman–Crippen MR) is 120 cm³/mol. The molecule has 2 amide bonds. The molecule has 1 fully saturated rings. The van der Waals surface area contributed by atoms with Gasteiger partial charge in [-0.2, -0.15) is 0 Å². The van der Waals surface area contributed by atoms with E-state index in [-0.39, 0.29) is 18.4 Å². The van der Waals surface area contributed by atoms with Crippen molar-refractivity contribution in [1.82, 2.24) is 20.9 Å². The second-order valence-corrected chi connectivity index (χ2v) is 7.14. The number of hydrogen-bond acceptors (Lipinski definition) is 4. The van der Waals surface area contributed by atoms with E-state index >= 15 is 0 Å². The van der Waals surface area contributed by atoms with Crippen molar-refractivity contribution in [3.05, 3.63) is 65.7 Å². The quantitative estimate of drug-likeness (QED) is 0.339. The first-order valence-corrected chi connectivity index (χ1v) is 10.4. The zero-order valence-corrected chi connectivity index (χ0v) is 17.8. The molecule has 1 saturated heterocycles. The zero-order chi connectivity index (χ0) is 21.9. The Hall–Kier alpha value is -3.55. The Morgan fingerprint density at radius 3 is 2.61 bits per heavy atom. The Morgan fingerprint density at radius 2 is 1.90 bits per heavy atom. The van der Waals surface area contributed by atoms with Gasteiger partial charge in [-0.15, -0.1) is 0 Å². The number of carbonyl (C=O) groups excluding carboxylic acids is 2. The molecular weight excluding hydrogens is 394 g/mol. The van der Waals surface area contributed by atoms with Gasteiger partial charge in [0.05, 0.1) is 13.2 Å². The number of piperazine rings is 1. The molecule has 1 aliphatic heterocycles. The van der Waals surface area contributed by atoms with Crippen molar-refractivity contribution in [2.24, 2.45) is 4.99 Å². The molecule has 0 aromatic heterocycles. The summed E-state index contributed by atoms with van der Waals surface area (Å²) in [4.78, 5) is 29.8. The largest absolute Gasteiger partial charge is 0.494 e. The van der Waals surface area contributed by atoms with Gasteiger partial charge in [-0.25, -0.2) is 0 Å². The second kappa shape index (κ2) is 11.6. The average molecular weight is 424 g/mol. The number of ether oxygens (including phenoxy) is 1. The summed E-state index contributed by atoms with van der Waals surface area (Å²) in [5, 5.41) is 9.25. The lowest BCUT2D eigenvalue weighted by Gasteiger charge is -2.26. The third-order valence-corrected chi connectivity index (χ3v) is 4.84. The maximum Gasteiger partial charge on any atom is 0.254 e. The summed E-state index contributed by atoms with van der Waals surface area (Å²) in [6.45, 7) is 3.09. The van der Waals surface area contributed by atoms with Crippen LogP contribution in [0.25, 0.3) is 0 Å². The third-order valence-electron chi connectivity index (χ3n) is 4.84. The van der Waals surface area contributed by atoms with Crippen LogP contribution >= 0.6 is 0 Å². The summed E-state index contributed by atoms with van der Waals surface area (Å²) in [6, 6.07) is 17.2. The first-order valence-electron chi connectivity index (χ1n) is 10.4. The molecule has 3 N–H and O–H groups in total. The first-order chi connectivity index (χ1) is 15.2. The van der Waals surface area contributed by atoms with Gasteiger partial charge in [0.25, 0.3) is 5.91 Å². The minimum absolute atomic E-state index is 0.112. The SMILES string of the molecule is CN=C(NCCCOc1ccccc1)NCc1ccc(C(=O)N2CCNC(=O)C2)cc1. The Morgan fingerprint density at radius 1 is 1.13 bits per heavy atom. The van der Waals surface area contributed by atoms with E-state index in [0.717, 1.165) is 24.3 Å². The number of guanidine groups is 1. The lowest BCUT2D eigenvalue weighted by atomic mass is 10.1. The molecule has 0 spiro atoms. The van der Waals surface area contributed by atoms with Crippen LogP contribution in [0.3, 0.4) is 0 Å². The molecular formula is C23H29N5O3. The number of para-hydroxylation sites is 1. The number of rotatable bonds is 8. The molecule has 0 unspecified atom stereocenters. The van der Waals surface area contributed by atoms with E-state index in [9.17, 15) is 9.59 Å². The van der Waals surface area contributed by atoms with Crippen molar-refractivity contribution >= 4 is 17.8 Å². The summed E-state index contributed by atoms with van der Waals surface area (Å²) >= 11 is 0. The van der Waals surface area contributed by atoms with E-state index in [2.05, 4.69) is 20.9 Å². The molecule has 31 heavy (non-hydrogen) atoms. The molecule has 0 aliphatic carbocycles. The van der Waals surface area contributed by atoms with Crippen LogP contribution in [-0.2, 0) is 11.3 Å². The fourth-order valence-corrected chi connectivity index (χ4v) is 3.15. The number of hydrogen-bond donors (Lipinski definition) is 3. The Labute approximate surface area is 182 Å². The van der Waals surface area contributed by atoms with E-state index in [0.29, 0.717) is 37.8 Å². The molecule has 2 aromatic carbocycles. The smallest absolute Gasteiger partial charge is 0.254 e. The highest BCUT2D eigenvalue weighted by Crippen LogP contribution is 2.09. The lowest BCUT2D eigenvalue weighted by molar-refractivity contribution is -0.123. The van der Waals surface area contributed by atoms with Gasteiger partial charge in [0.15, 0.2) is 5.96 Å². The van der Waals surface area contributed by atoms with E-state index in [1.165, 1.54) is 0 Å².